The van der Waals surface area contributed by atoms with Crippen LogP contribution in [0.15, 0.2) is 36.5 Å². The number of nitrogens with two attached hydrogens (primary N) is 1. The molecule has 0 saturated heterocycles. The first-order valence-electron chi connectivity index (χ1n) is 6.70. The van der Waals surface area contributed by atoms with Crippen molar-refractivity contribution in [2.75, 3.05) is 17.7 Å². The molecule has 1 heterocycles. The molecule has 0 spiro atoms. The van der Waals surface area contributed by atoms with Crippen LogP contribution >= 0.6 is 0 Å². The predicted octanol–water partition coefficient (Wildman–Crippen LogP) is 2.80. The molecular weight excluding hydrogens is 264 g/mol. The Morgan fingerprint density at radius 1 is 1.38 bits per heavy atom. The Morgan fingerprint density at radius 3 is 2.67 bits per heavy atom. The summed E-state index contributed by atoms with van der Waals surface area (Å²) < 4.78 is 1.84. The fourth-order valence-corrected chi connectivity index (χ4v) is 2.24. The van der Waals surface area contributed by atoms with Gasteiger partial charge in [0.15, 0.2) is 0 Å². The summed E-state index contributed by atoms with van der Waals surface area (Å²) >= 11 is 0. The molecule has 5 heteroatoms. The van der Waals surface area contributed by atoms with Crippen molar-refractivity contribution in [3.05, 3.63) is 47.8 Å². The van der Waals surface area contributed by atoms with E-state index in [-0.39, 0.29) is 11.9 Å². The molecule has 0 saturated carbocycles. The van der Waals surface area contributed by atoms with Crippen molar-refractivity contribution in [1.82, 2.24) is 4.57 Å². The van der Waals surface area contributed by atoms with Gasteiger partial charge in [-0.3, -0.25) is 4.79 Å². The summed E-state index contributed by atoms with van der Waals surface area (Å²) in [6.45, 7) is 3.97. The van der Waals surface area contributed by atoms with Gasteiger partial charge in [0, 0.05) is 19.3 Å². The molecule has 0 unspecified atom stereocenters. The molecule has 108 valence electrons. The number of benzene rings is 1. The monoisotopic (exact) mass is 282 g/mol. The molecule has 0 radical (unpaired) electrons. The number of rotatable bonds is 3. The number of nitrogens with zero attached hydrogens (tertiary/aromatic N) is 3. The van der Waals surface area contributed by atoms with Crippen molar-refractivity contribution >= 4 is 17.3 Å². The van der Waals surface area contributed by atoms with E-state index in [4.69, 9.17) is 11.0 Å². The van der Waals surface area contributed by atoms with Gasteiger partial charge < -0.3 is 15.2 Å². The van der Waals surface area contributed by atoms with E-state index in [2.05, 4.69) is 6.07 Å². The lowest BCUT2D eigenvalue weighted by Gasteiger charge is -2.20. The molecule has 2 aromatic rings. The van der Waals surface area contributed by atoms with Crippen LogP contribution in [0.2, 0.25) is 0 Å². The Bertz CT molecular complexity index is 709. The Labute approximate surface area is 124 Å². The van der Waals surface area contributed by atoms with Gasteiger partial charge in [0.25, 0.3) is 5.91 Å². The zero-order valence-corrected chi connectivity index (χ0v) is 12.4. The van der Waals surface area contributed by atoms with Gasteiger partial charge in [-0.05, 0) is 32.0 Å². The second-order valence-corrected chi connectivity index (χ2v) is 5.15. The minimum atomic E-state index is -0.192. The van der Waals surface area contributed by atoms with E-state index in [0.29, 0.717) is 22.6 Å². The van der Waals surface area contributed by atoms with E-state index in [9.17, 15) is 4.79 Å². The van der Waals surface area contributed by atoms with E-state index < -0.39 is 0 Å². The van der Waals surface area contributed by atoms with Crippen molar-refractivity contribution in [1.29, 1.82) is 5.26 Å². The Kier molecular flexibility index (Phi) is 3.99. The van der Waals surface area contributed by atoms with Gasteiger partial charge in [-0.1, -0.05) is 12.1 Å². The van der Waals surface area contributed by atoms with Gasteiger partial charge in [-0.25, -0.2) is 0 Å². The third-order valence-corrected chi connectivity index (χ3v) is 3.34. The van der Waals surface area contributed by atoms with Crippen molar-refractivity contribution in [2.45, 2.75) is 19.9 Å². The number of aromatic nitrogens is 1. The first-order valence-corrected chi connectivity index (χ1v) is 6.70. The molecule has 21 heavy (non-hydrogen) atoms. The molecule has 0 aliphatic heterocycles. The van der Waals surface area contributed by atoms with Crippen LogP contribution in [0, 0.1) is 11.3 Å². The number of nitriles is 1. The van der Waals surface area contributed by atoms with Crippen LogP contribution in [0.1, 0.15) is 35.9 Å². The summed E-state index contributed by atoms with van der Waals surface area (Å²) in [4.78, 5) is 14.2. The number of nitrogen functional groups attached to an aromatic ring is 1. The van der Waals surface area contributed by atoms with Gasteiger partial charge in [0.1, 0.15) is 11.8 Å². The molecule has 1 aromatic carbocycles. The van der Waals surface area contributed by atoms with Gasteiger partial charge >= 0.3 is 0 Å². The number of hydrogen-bond acceptors (Lipinski definition) is 3. The average molecular weight is 282 g/mol. The Morgan fingerprint density at radius 2 is 2.05 bits per heavy atom. The highest BCUT2D eigenvalue weighted by molar-refractivity contribution is 6.06. The van der Waals surface area contributed by atoms with Crippen LogP contribution in [0.5, 0.6) is 0 Å². The maximum atomic E-state index is 12.7. The smallest absolute Gasteiger partial charge is 0.274 e. The highest BCUT2D eigenvalue weighted by Gasteiger charge is 2.21. The van der Waals surface area contributed by atoms with Crippen molar-refractivity contribution < 1.29 is 4.79 Å². The molecule has 1 aromatic heterocycles. The van der Waals surface area contributed by atoms with Crippen LogP contribution < -0.4 is 10.6 Å². The number of hydrogen-bond donors (Lipinski definition) is 1. The second kappa shape index (κ2) is 5.71. The SMILES string of the molecule is CC(C)n1cc(N)cc1C(=O)N(C)c1ccccc1C#N. The van der Waals surface area contributed by atoms with Crippen LogP contribution in [-0.4, -0.2) is 17.5 Å². The van der Waals surface area contributed by atoms with E-state index >= 15 is 0 Å². The molecule has 0 fully saturated rings. The molecule has 0 aliphatic rings. The Hall–Kier alpha value is -2.74. The van der Waals surface area contributed by atoms with Crippen molar-refractivity contribution in [2.24, 2.45) is 0 Å². The largest absolute Gasteiger partial charge is 0.397 e. The summed E-state index contributed by atoms with van der Waals surface area (Å²) in [5.41, 5.74) is 7.91. The summed E-state index contributed by atoms with van der Waals surface area (Å²) in [5, 5.41) is 9.15. The van der Waals surface area contributed by atoms with Crippen LogP contribution in [0.3, 0.4) is 0 Å². The number of para-hydroxylation sites is 1. The minimum Gasteiger partial charge on any atom is -0.397 e. The predicted molar refractivity (Wildman–Crippen MR) is 83.1 cm³/mol. The third-order valence-electron chi connectivity index (χ3n) is 3.34. The molecule has 2 N–H and O–H groups in total. The number of carbonyl (C=O) groups excluding carboxylic acids is 1. The van der Waals surface area contributed by atoms with E-state index in [1.54, 1.807) is 43.6 Å². The van der Waals surface area contributed by atoms with Crippen LogP contribution in [0.4, 0.5) is 11.4 Å². The van der Waals surface area contributed by atoms with Gasteiger partial charge in [-0.15, -0.1) is 0 Å². The highest BCUT2D eigenvalue weighted by atomic mass is 16.2. The normalized spacial score (nSPS) is 10.4. The first kappa shape index (κ1) is 14.7. The van der Waals surface area contributed by atoms with Crippen LogP contribution in [0.25, 0.3) is 0 Å². The van der Waals surface area contributed by atoms with Gasteiger partial charge in [0.05, 0.1) is 16.9 Å². The maximum Gasteiger partial charge on any atom is 0.274 e. The molecule has 1 amide bonds. The lowest BCUT2D eigenvalue weighted by molar-refractivity contribution is 0.0982. The third kappa shape index (κ3) is 2.75. The number of carbonyl (C=O) groups is 1. The molecule has 5 nitrogen and oxygen atoms in total. The minimum absolute atomic E-state index is 0.126. The standard InChI is InChI=1S/C16H18N4O/c1-11(2)20-10-13(18)8-15(20)16(21)19(3)14-7-5-4-6-12(14)9-17/h4-8,10-11H,18H2,1-3H3. The average Bonchev–Trinajstić information content (AvgIpc) is 2.88. The Balaban J connectivity index is 2.43. The zero-order valence-electron chi connectivity index (χ0n) is 12.4. The van der Waals surface area contributed by atoms with Gasteiger partial charge in [0.2, 0.25) is 0 Å². The van der Waals surface area contributed by atoms with Crippen LogP contribution in [-0.2, 0) is 0 Å². The summed E-state index contributed by atoms with van der Waals surface area (Å²) in [5.74, 6) is -0.192. The molecule has 0 aliphatic carbocycles. The number of amides is 1. The lowest BCUT2D eigenvalue weighted by Crippen LogP contribution is -2.29. The quantitative estimate of drug-likeness (QED) is 0.940. The fraction of sp³-hybridized carbons (Fsp3) is 0.250. The summed E-state index contributed by atoms with van der Waals surface area (Å²) in [7, 11) is 1.66. The van der Waals surface area contributed by atoms with E-state index in [1.165, 1.54) is 4.90 Å². The highest BCUT2D eigenvalue weighted by Crippen LogP contribution is 2.23. The molecular formula is C16H18N4O. The lowest BCUT2D eigenvalue weighted by atomic mass is 10.1. The topological polar surface area (TPSA) is 75.0 Å². The molecule has 0 bridgehead atoms. The number of anilines is 2. The summed E-state index contributed by atoms with van der Waals surface area (Å²) in [6, 6.07) is 10.9. The van der Waals surface area contributed by atoms with E-state index in [0.717, 1.165) is 0 Å². The molecule has 2 rings (SSSR count). The van der Waals surface area contributed by atoms with E-state index in [1.807, 2.05) is 18.4 Å². The second-order valence-electron chi connectivity index (χ2n) is 5.15. The maximum absolute atomic E-state index is 12.7. The molecule has 0 atom stereocenters. The first-order chi connectivity index (χ1) is 9.95. The van der Waals surface area contributed by atoms with Gasteiger partial charge in [-0.2, -0.15) is 5.26 Å². The van der Waals surface area contributed by atoms with Crippen molar-refractivity contribution in [3.63, 3.8) is 0 Å². The summed E-state index contributed by atoms with van der Waals surface area (Å²) in [6.07, 6.45) is 1.75. The van der Waals surface area contributed by atoms with Crippen molar-refractivity contribution in [3.8, 4) is 6.07 Å². The fourth-order valence-electron chi connectivity index (χ4n) is 2.24. The zero-order chi connectivity index (χ0) is 15.6.